The molecule has 0 unspecified atom stereocenters. The van der Waals surface area contributed by atoms with Crippen molar-refractivity contribution in [3.8, 4) is 0 Å². The number of halogens is 1. The molecule has 0 aliphatic rings. The molecule has 0 saturated heterocycles. The van der Waals surface area contributed by atoms with Crippen LogP contribution in [-0.4, -0.2) is 10.8 Å². The van der Waals surface area contributed by atoms with Gasteiger partial charge in [-0.2, -0.15) is 0 Å². The Labute approximate surface area is 105 Å². The highest BCUT2D eigenvalue weighted by atomic mass is 79.9. The molecule has 0 atom stereocenters. The van der Waals surface area contributed by atoms with E-state index >= 15 is 0 Å². The van der Waals surface area contributed by atoms with Gasteiger partial charge in [-0.1, -0.05) is 15.9 Å². The standard InChI is InChI=1S/C10H9BrN4S/c11-6-1-2-8(12)7(5-6)9(13)15-10-14-3-4-16-10/h1-5H,12H2,(H2,13,14,15). The molecular formula is C10H9BrN4S. The number of hydrogen-bond donors (Lipinski definition) is 2. The molecule has 4 N–H and O–H groups in total. The Kier molecular flexibility index (Phi) is 3.21. The average Bonchev–Trinajstić information content (AvgIpc) is 2.74. The van der Waals surface area contributed by atoms with E-state index in [0.29, 0.717) is 22.2 Å². The molecule has 1 heterocycles. The van der Waals surface area contributed by atoms with Crippen LogP contribution in [0.3, 0.4) is 0 Å². The maximum atomic E-state index is 5.87. The van der Waals surface area contributed by atoms with Crippen LogP contribution in [0.4, 0.5) is 10.8 Å². The zero-order valence-corrected chi connectivity index (χ0v) is 10.6. The Morgan fingerprint density at radius 1 is 1.44 bits per heavy atom. The van der Waals surface area contributed by atoms with E-state index in [-0.39, 0.29) is 0 Å². The van der Waals surface area contributed by atoms with Gasteiger partial charge in [0, 0.05) is 27.3 Å². The molecule has 1 aromatic carbocycles. The zero-order chi connectivity index (χ0) is 11.5. The number of hydrogen-bond acceptors (Lipinski definition) is 4. The highest BCUT2D eigenvalue weighted by Crippen LogP contribution is 2.21. The van der Waals surface area contributed by atoms with Crippen LogP contribution >= 0.6 is 27.3 Å². The molecule has 2 aromatic rings. The lowest BCUT2D eigenvalue weighted by molar-refractivity contribution is 1.34. The second kappa shape index (κ2) is 4.63. The first-order valence-corrected chi connectivity index (χ1v) is 6.13. The van der Waals surface area contributed by atoms with E-state index in [1.165, 1.54) is 11.3 Å². The highest BCUT2D eigenvalue weighted by molar-refractivity contribution is 9.10. The average molecular weight is 297 g/mol. The normalized spacial score (nSPS) is 11.7. The number of rotatable bonds is 2. The molecule has 0 saturated carbocycles. The van der Waals surface area contributed by atoms with Gasteiger partial charge < -0.3 is 11.5 Å². The third kappa shape index (κ3) is 2.40. The molecule has 82 valence electrons. The second-order valence-corrected chi connectivity index (χ2v) is 4.83. The SMILES string of the molecule is N/C(=N\c1nccs1)c1cc(Br)ccc1N. The summed E-state index contributed by atoms with van der Waals surface area (Å²) in [7, 11) is 0. The topological polar surface area (TPSA) is 77.3 Å². The number of nitrogen functional groups attached to an aromatic ring is 1. The Bertz CT molecular complexity index is 522. The summed E-state index contributed by atoms with van der Waals surface area (Å²) in [5, 5.41) is 2.47. The summed E-state index contributed by atoms with van der Waals surface area (Å²) in [5.41, 5.74) is 13.0. The predicted octanol–water partition coefficient (Wildman–Crippen LogP) is 2.52. The molecule has 6 heteroatoms. The van der Waals surface area contributed by atoms with Gasteiger partial charge >= 0.3 is 0 Å². The first-order chi connectivity index (χ1) is 7.66. The molecule has 2 rings (SSSR count). The molecule has 16 heavy (non-hydrogen) atoms. The quantitative estimate of drug-likeness (QED) is 0.508. The van der Waals surface area contributed by atoms with Gasteiger partial charge in [-0.05, 0) is 18.2 Å². The minimum atomic E-state index is 0.369. The maximum Gasteiger partial charge on any atom is 0.211 e. The van der Waals surface area contributed by atoms with E-state index in [4.69, 9.17) is 11.5 Å². The fourth-order valence-corrected chi connectivity index (χ4v) is 2.06. The van der Waals surface area contributed by atoms with Crippen molar-refractivity contribution < 1.29 is 0 Å². The van der Waals surface area contributed by atoms with Crippen LogP contribution in [0.25, 0.3) is 0 Å². The van der Waals surface area contributed by atoms with Gasteiger partial charge in [-0.15, -0.1) is 11.3 Å². The van der Waals surface area contributed by atoms with Crippen LogP contribution < -0.4 is 11.5 Å². The number of benzene rings is 1. The Hall–Kier alpha value is -1.40. The van der Waals surface area contributed by atoms with Gasteiger partial charge in [0.15, 0.2) is 0 Å². The number of nitrogens with zero attached hydrogens (tertiary/aromatic N) is 2. The Morgan fingerprint density at radius 3 is 2.94 bits per heavy atom. The van der Waals surface area contributed by atoms with Gasteiger partial charge in [-0.3, -0.25) is 0 Å². The second-order valence-electron chi connectivity index (χ2n) is 3.04. The minimum absolute atomic E-state index is 0.369. The smallest absolute Gasteiger partial charge is 0.211 e. The zero-order valence-electron chi connectivity index (χ0n) is 8.22. The van der Waals surface area contributed by atoms with E-state index in [1.807, 2.05) is 17.5 Å². The van der Waals surface area contributed by atoms with E-state index in [0.717, 1.165) is 4.47 Å². The number of thiazole rings is 1. The molecule has 0 aliphatic heterocycles. The van der Waals surface area contributed by atoms with Crippen LogP contribution in [0.2, 0.25) is 0 Å². The van der Waals surface area contributed by atoms with Gasteiger partial charge in [0.05, 0.1) is 0 Å². The van der Waals surface area contributed by atoms with E-state index in [1.54, 1.807) is 12.3 Å². The Morgan fingerprint density at radius 2 is 2.25 bits per heavy atom. The third-order valence-electron chi connectivity index (χ3n) is 1.93. The maximum absolute atomic E-state index is 5.87. The van der Waals surface area contributed by atoms with Crippen LogP contribution in [0.5, 0.6) is 0 Å². The van der Waals surface area contributed by atoms with E-state index in [9.17, 15) is 0 Å². The van der Waals surface area contributed by atoms with Crippen molar-refractivity contribution in [2.75, 3.05) is 5.73 Å². The van der Waals surface area contributed by atoms with Crippen LogP contribution in [0.1, 0.15) is 5.56 Å². The lowest BCUT2D eigenvalue weighted by Gasteiger charge is -2.04. The van der Waals surface area contributed by atoms with Crippen molar-refractivity contribution in [3.05, 3.63) is 39.8 Å². The summed E-state index contributed by atoms with van der Waals surface area (Å²) >= 11 is 4.79. The van der Waals surface area contributed by atoms with Gasteiger partial charge in [-0.25, -0.2) is 9.98 Å². The van der Waals surface area contributed by atoms with E-state index < -0.39 is 0 Å². The number of aromatic nitrogens is 1. The molecule has 0 bridgehead atoms. The first kappa shape index (κ1) is 11.1. The molecule has 0 radical (unpaired) electrons. The molecule has 0 spiro atoms. The van der Waals surface area contributed by atoms with Crippen LogP contribution in [-0.2, 0) is 0 Å². The van der Waals surface area contributed by atoms with Crippen molar-refractivity contribution in [2.24, 2.45) is 10.7 Å². The molecule has 4 nitrogen and oxygen atoms in total. The minimum Gasteiger partial charge on any atom is -0.398 e. The molecule has 0 fully saturated rings. The van der Waals surface area contributed by atoms with E-state index in [2.05, 4.69) is 25.9 Å². The van der Waals surface area contributed by atoms with Crippen molar-refractivity contribution in [3.63, 3.8) is 0 Å². The van der Waals surface area contributed by atoms with Crippen molar-refractivity contribution in [1.29, 1.82) is 0 Å². The summed E-state index contributed by atoms with van der Waals surface area (Å²) in [6.45, 7) is 0. The summed E-state index contributed by atoms with van der Waals surface area (Å²) in [5.74, 6) is 0.369. The van der Waals surface area contributed by atoms with Crippen molar-refractivity contribution in [1.82, 2.24) is 4.98 Å². The molecular weight excluding hydrogens is 288 g/mol. The van der Waals surface area contributed by atoms with Crippen LogP contribution in [0, 0.1) is 0 Å². The fraction of sp³-hybridized carbons (Fsp3) is 0. The summed E-state index contributed by atoms with van der Waals surface area (Å²) < 4.78 is 0.911. The fourth-order valence-electron chi connectivity index (χ4n) is 1.18. The largest absolute Gasteiger partial charge is 0.398 e. The first-order valence-electron chi connectivity index (χ1n) is 4.46. The van der Waals surface area contributed by atoms with Crippen molar-refractivity contribution in [2.45, 2.75) is 0 Å². The van der Waals surface area contributed by atoms with Gasteiger partial charge in [0.2, 0.25) is 5.13 Å². The van der Waals surface area contributed by atoms with Crippen LogP contribution in [0.15, 0.2) is 39.2 Å². The highest BCUT2D eigenvalue weighted by Gasteiger charge is 2.05. The monoisotopic (exact) mass is 296 g/mol. The number of amidine groups is 1. The van der Waals surface area contributed by atoms with Gasteiger partial charge in [0.25, 0.3) is 0 Å². The summed E-state index contributed by atoms with van der Waals surface area (Å²) in [4.78, 5) is 8.22. The van der Waals surface area contributed by atoms with Crippen molar-refractivity contribution >= 4 is 43.9 Å². The summed E-state index contributed by atoms with van der Waals surface area (Å²) in [6.07, 6.45) is 1.68. The lowest BCUT2D eigenvalue weighted by Crippen LogP contribution is -2.15. The molecule has 0 aliphatic carbocycles. The molecule has 0 amide bonds. The number of nitrogens with two attached hydrogens (primary N) is 2. The lowest BCUT2D eigenvalue weighted by atomic mass is 10.1. The summed E-state index contributed by atoms with van der Waals surface area (Å²) in [6, 6.07) is 5.47. The third-order valence-corrected chi connectivity index (χ3v) is 3.09. The predicted molar refractivity (Wildman–Crippen MR) is 71.1 cm³/mol. The molecule has 1 aromatic heterocycles. The Balaban J connectivity index is 2.40. The number of anilines is 1. The van der Waals surface area contributed by atoms with Gasteiger partial charge in [0.1, 0.15) is 5.84 Å². The number of aliphatic imine (C=N–C) groups is 1.